The zero-order chi connectivity index (χ0) is 16.4. The number of anilines is 2. The number of nitrogens with zero attached hydrogens (tertiary/aromatic N) is 5. The summed E-state index contributed by atoms with van der Waals surface area (Å²) in [5.74, 6) is -0.548. The fourth-order valence-corrected chi connectivity index (χ4v) is 3.49. The fourth-order valence-electron chi connectivity index (χ4n) is 1.69. The summed E-state index contributed by atoms with van der Waals surface area (Å²) >= 11 is 2.34. The van der Waals surface area contributed by atoms with E-state index >= 15 is 0 Å². The van der Waals surface area contributed by atoms with Crippen molar-refractivity contribution in [1.29, 1.82) is 0 Å². The summed E-state index contributed by atoms with van der Waals surface area (Å²) in [4.78, 5) is 14.1. The molecular weight excluding hydrogens is 343 g/mol. The van der Waals surface area contributed by atoms with Gasteiger partial charge in [-0.2, -0.15) is 0 Å². The number of aryl methyl sites for hydroxylation is 1. The van der Waals surface area contributed by atoms with E-state index in [1.807, 2.05) is 0 Å². The van der Waals surface area contributed by atoms with Gasteiger partial charge in [-0.1, -0.05) is 11.3 Å². The van der Waals surface area contributed by atoms with Crippen LogP contribution in [0.2, 0.25) is 0 Å². The lowest BCUT2D eigenvalue weighted by Crippen LogP contribution is -1.93. The van der Waals surface area contributed by atoms with Crippen molar-refractivity contribution in [1.82, 2.24) is 19.7 Å². The molecule has 0 aliphatic carbocycles. The summed E-state index contributed by atoms with van der Waals surface area (Å²) < 4.78 is 14.9. The first kappa shape index (κ1) is 15.4. The van der Waals surface area contributed by atoms with E-state index in [1.165, 1.54) is 29.8 Å². The van der Waals surface area contributed by atoms with Crippen LogP contribution in [0.25, 0.3) is 0 Å². The number of halogens is 1. The van der Waals surface area contributed by atoms with Gasteiger partial charge in [-0.3, -0.25) is 0 Å². The highest BCUT2D eigenvalue weighted by molar-refractivity contribution is 8.01. The van der Waals surface area contributed by atoms with Crippen LogP contribution in [0.3, 0.4) is 0 Å². The third kappa shape index (κ3) is 3.46. The lowest BCUT2D eigenvalue weighted by atomic mass is 10.3. The Bertz CT molecular complexity index is 848. The largest absolute Gasteiger partial charge is 0.396 e. The van der Waals surface area contributed by atoms with Gasteiger partial charge in [0.25, 0.3) is 0 Å². The van der Waals surface area contributed by atoms with Crippen LogP contribution in [0.15, 0.2) is 40.0 Å². The van der Waals surface area contributed by atoms with Crippen LogP contribution in [0.4, 0.5) is 21.0 Å². The molecule has 3 rings (SSSR count). The Hall–Kier alpha value is -2.53. The molecule has 2 heterocycles. The molecular formula is C12H9FN6O2S2. The van der Waals surface area contributed by atoms with E-state index in [1.54, 1.807) is 23.7 Å². The normalized spacial score (nSPS) is 10.7. The monoisotopic (exact) mass is 352 g/mol. The fraction of sp³-hybridized carbons (Fsp3) is 0.0833. The van der Waals surface area contributed by atoms with Crippen molar-refractivity contribution in [3.05, 3.63) is 46.5 Å². The highest BCUT2D eigenvalue weighted by Gasteiger charge is 2.22. The van der Waals surface area contributed by atoms with Crippen LogP contribution in [-0.4, -0.2) is 24.7 Å². The number of nitro groups is 1. The van der Waals surface area contributed by atoms with Gasteiger partial charge < -0.3 is 20.0 Å². The number of imidazole rings is 1. The van der Waals surface area contributed by atoms with Crippen LogP contribution in [-0.2, 0) is 7.05 Å². The van der Waals surface area contributed by atoms with Gasteiger partial charge >= 0.3 is 5.82 Å². The van der Waals surface area contributed by atoms with Crippen molar-refractivity contribution in [3.63, 3.8) is 0 Å². The van der Waals surface area contributed by atoms with Crippen molar-refractivity contribution in [2.24, 2.45) is 7.05 Å². The SMILES string of the molecule is Cn1cnc([N+](=O)[O-])c1Sc1nnc(Nc2ccc(F)cc2)s1. The maximum Gasteiger partial charge on any atom is 0.396 e. The molecule has 23 heavy (non-hydrogen) atoms. The average Bonchev–Trinajstić information content (AvgIpc) is 3.10. The zero-order valence-electron chi connectivity index (χ0n) is 11.6. The van der Waals surface area contributed by atoms with E-state index in [4.69, 9.17) is 0 Å². The molecule has 11 heteroatoms. The predicted octanol–water partition coefficient (Wildman–Crippen LogP) is 3.21. The van der Waals surface area contributed by atoms with Crippen molar-refractivity contribution in [2.45, 2.75) is 9.37 Å². The molecule has 0 radical (unpaired) electrons. The van der Waals surface area contributed by atoms with Gasteiger partial charge in [-0.25, -0.2) is 4.39 Å². The minimum Gasteiger partial charge on any atom is -0.358 e. The Morgan fingerprint density at radius 1 is 1.35 bits per heavy atom. The third-order valence-corrected chi connectivity index (χ3v) is 4.78. The predicted molar refractivity (Wildman–Crippen MR) is 83.6 cm³/mol. The molecule has 0 saturated carbocycles. The number of hydrogen-bond acceptors (Lipinski definition) is 8. The smallest absolute Gasteiger partial charge is 0.358 e. The zero-order valence-corrected chi connectivity index (χ0v) is 13.3. The van der Waals surface area contributed by atoms with Gasteiger partial charge in [0.05, 0.1) is 0 Å². The van der Waals surface area contributed by atoms with E-state index < -0.39 is 4.92 Å². The molecule has 0 atom stereocenters. The van der Waals surface area contributed by atoms with Crippen molar-refractivity contribution < 1.29 is 9.31 Å². The Kier molecular flexibility index (Phi) is 4.21. The van der Waals surface area contributed by atoms with Crippen LogP contribution in [0, 0.1) is 15.9 Å². The van der Waals surface area contributed by atoms with E-state index in [9.17, 15) is 14.5 Å². The van der Waals surface area contributed by atoms with Gasteiger partial charge in [-0.05, 0) is 45.9 Å². The maximum absolute atomic E-state index is 12.9. The van der Waals surface area contributed by atoms with Gasteiger partial charge in [0.15, 0.2) is 9.37 Å². The summed E-state index contributed by atoms with van der Waals surface area (Å²) in [5, 5.41) is 22.7. The quantitative estimate of drug-likeness (QED) is 0.556. The molecule has 0 aliphatic rings. The molecule has 0 bridgehead atoms. The van der Waals surface area contributed by atoms with Crippen LogP contribution in [0.5, 0.6) is 0 Å². The van der Waals surface area contributed by atoms with E-state index in [0.717, 1.165) is 11.8 Å². The lowest BCUT2D eigenvalue weighted by molar-refractivity contribution is -0.392. The number of nitrogens with one attached hydrogen (secondary N) is 1. The highest BCUT2D eigenvalue weighted by Crippen LogP contribution is 2.36. The molecule has 1 N–H and O–H groups in total. The number of benzene rings is 1. The minimum absolute atomic E-state index is 0.222. The summed E-state index contributed by atoms with van der Waals surface area (Å²) in [6.07, 6.45) is 1.37. The maximum atomic E-state index is 12.9. The molecule has 0 saturated heterocycles. The molecule has 1 aromatic carbocycles. The van der Waals surface area contributed by atoms with Crippen molar-refractivity contribution >= 4 is 39.7 Å². The van der Waals surface area contributed by atoms with Crippen LogP contribution < -0.4 is 5.32 Å². The Morgan fingerprint density at radius 2 is 2.09 bits per heavy atom. The molecule has 0 fully saturated rings. The minimum atomic E-state index is -0.541. The molecule has 0 spiro atoms. The molecule has 0 aliphatic heterocycles. The van der Waals surface area contributed by atoms with Crippen molar-refractivity contribution in [3.8, 4) is 0 Å². The van der Waals surface area contributed by atoms with Gasteiger partial charge in [0.1, 0.15) is 5.82 Å². The second kappa shape index (κ2) is 6.30. The summed E-state index contributed by atoms with van der Waals surface area (Å²) in [6.45, 7) is 0. The Morgan fingerprint density at radius 3 is 2.78 bits per heavy atom. The summed E-state index contributed by atoms with van der Waals surface area (Å²) in [7, 11) is 1.67. The molecule has 2 aromatic heterocycles. The molecule has 118 valence electrons. The molecule has 8 nitrogen and oxygen atoms in total. The lowest BCUT2D eigenvalue weighted by Gasteiger charge is -2.00. The molecule has 0 amide bonds. The first-order chi connectivity index (χ1) is 11.0. The van der Waals surface area contributed by atoms with Gasteiger partial charge in [0, 0.05) is 12.7 Å². The number of rotatable bonds is 5. The summed E-state index contributed by atoms with van der Waals surface area (Å²) in [5.41, 5.74) is 0.672. The van der Waals surface area contributed by atoms with Crippen molar-refractivity contribution in [2.75, 3.05) is 5.32 Å². The Balaban J connectivity index is 1.76. The van der Waals surface area contributed by atoms with Gasteiger partial charge in [-0.15, -0.1) is 10.2 Å². The van der Waals surface area contributed by atoms with Gasteiger partial charge in [0.2, 0.25) is 11.5 Å². The first-order valence-electron chi connectivity index (χ1n) is 6.22. The van der Waals surface area contributed by atoms with E-state index in [-0.39, 0.29) is 11.6 Å². The first-order valence-corrected chi connectivity index (χ1v) is 7.86. The number of aromatic nitrogens is 4. The van der Waals surface area contributed by atoms with Crippen LogP contribution in [0.1, 0.15) is 0 Å². The standard InChI is InChI=1S/C12H9FN6O2S2/c1-18-6-14-9(19(20)21)10(18)22-12-17-16-11(23-12)15-8-4-2-7(13)3-5-8/h2-6H,1H3,(H,15,16). The number of hydrogen-bond donors (Lipinski definition) is 1. The second-order valence-corrected chi connectivity index (χ2v) is 6.56. The second-order valence-electron chi connectivity index (χ2n) is 4.35. The van der Waals surface area contributed by atoms with Crippen LogP contribution >= 0.6 is 23.1 Å². The topological polar surface area (TPSA) is 98.8 Å². The molecule has 0 unspecified atom stereocenters. The Labute approximate surface area is 137 Å². The third-order valence-electron chi connectivity index (χ3n) is 2.72. The average molecular weight is 352 g/mol. The highest BCUT2D eigenvalue weighted by atomic mass is 32.2. The molecule has 3 aromatic rings. The van der Waals surface area contributed by atoms with E-state index in [0.29, 0.717) is 20.2 Å². The summed E-state index contributed by atoms with van der Waals surface area (Å²) in [6, 6.07) is 5.82. The van der Waals surface area contributed by atoms with E-state index in [2.05, 4.69) is 20.5 Å².